The van der Waals surface area contributed by atoms with Crippen LogP contribution in [0.2, 0.25) is 0 Å². The Morgan fingerprint density at radius 3 is 2.60 bits per heavy atom. The Bertz CT molecular complexity index is 584. The number of hydrogen-bond donors (Lipinski definition) is 3. The first-order valence-corrected chi connectivity index (χ1v) is 8.20. The molecule has 0 aliphatic carbocycles. The first kappa shape index (κ1) is 16.5. The number of sulfone groups is 1. The lowest BCUT2D eigenvalue weighted by atomic mass is 10.1. The number of carbonyl (C=O) groups excluding carboxylic acids is 1. The number of carbonyl (C=O) groups is 1. The van der Waals surface area contributed by atoms with Crippen molar-refractivity contribution in [3.8, 4) is 0 Å². The number of rotatable bonds is 6. The van der Waals surface area contributed by atoms with Crippen molar-refractivity contribution < 1.29 is 18.3 Å². The molecule has 1 rings (SSSR count). The average molecular weight is 300 g/mol. The number of hydrogen-bond acceptors (Lipinski definition) is 5. The fraction of sp³-hybridized carbons (Fsp3) is 0.462. The Balaban J connectivity index is 2.86. The number of nitrogens with one attached hydrogen (secondary N) is 1. The smallest absolute Gasteiger partial charge is 0.251 e. The van der Waals surface area contributed by atoms with Gasteiger partial charge < -0.3 is 16.2 Å². The zero-order valence-electron chi connectivity index (χ0n) is 11.6. The van der Waals surface area contributed by atoms with Crippen LogP contribution in [0.3, 0.4) is 0 Å². The fourth-order valence-corrected chi connectivity index (χ4v) is 2.41. The van der Waals surface area contributed by atoms with Gasteiger partial charge in [-0.3, -0.25) is 4.79 Å². The molecule has 0 radical (unpaired) electrons. The second-order valence-electron chi connectivity index (χ2n) is 4.72. The van der Waals surface area contributed by atoms with Crippen LogP contribution in [0.5, 0.6) is 0 Å². The molecule has 1 unspecified atom stereocenters. The van der Waals surface area contributed by atoms with Gasteiger partial charge in [-0.25, -0.2) is 8.42 Å². The maximum Gasteiger partial charge on any atom is 0.251 e. The Labute approximate surface area is 118 Å². The van der Waals surface area contributed by atoms with E-state index in [2.05, 4.69) is 5.32 Å². The van der Waals surface area contributed by atoms with Crippen LogP contribution in [-0.4, -0.2) is 38.3 Å². The zero-order chi connectivity index (χ0) is 15.3. The second kappa shape index (κ2) is 6.71. The molecule has 1 amide bonds. The molecular formula is C13H20N2O4S. The van der Waals surface area contributed by atoms with E-state index in [1.165, 1.54) is 18.2 Å². The maximum absolute atomic E-state index is 11.9. The predicted octanol–water partition coefficient (Wildman–Crippen LogP) is 0.563. The summed E-state index contributed by atoms with van der Waals surface area (Å²) in [4.78, 5) is 11.9. The topological polar surface area (TPSA) is 109 Å². The zero-order valence-corrected chi connectivity index (χ0v) is 12.4. The summed E-state index contributed by atoms with van der Waals surface area (Å²) < 4.78 is 23.0. The van der Waals surface area contributed by atoms with Gasteiger partial charge in [0.1, 0.15) is 0 Å². The Hall–Kier alpha value is -1.60. The molecular weight excluding hydrogens is 280 g/mol. The summed E-state index contributed by atoms with van der Waals surface area (Å²) >= 11 is 0. The van der Waals surface area contributed by atoms with Crippen molar-refractivity contribution in [2.45, 2.75) is 30.8 Å². The summed E-state index contributed by atoms with van der Waals surface area (Å²) in [5.41, 5.74) is 5.97. The Kier molecular flexibility index (Phi) is 5.52. The second-order valence-corrected chi connectivity index (χ2v) is 6.73. The third kappa shape index (κ3) is 4.82. The number of amides is 1. The summed E-state index contributed by atoms with van der Waals surface area (Å²) in [5, 5.41) is 12.1. The average Bonchev–Trinajstić information content (AvgIpc) is 2.34. The first-order chi connectivity index (χ1) is 9.24. The molecule has 0 saturated heterocycles. The number of aliphatic hydroxyl groups excluding tert-OH is 1. The molecule has 1 aromatic carbocycles. The minimum Gasteiger partial charge on any atom is -0.399 e. The lowest BCUT2D eigenvalue weighted by Gasteiger charge is -2.11. The fourth-order valence-electron chi connectivity index (χ4n) is 1.72. The normalized spacial score (nSPS) is 12.9. The van der Waals surface area contributed by atoms with Gasteiger partial charge in [0.15, 0.2) is 9.84 Å². The summed E-state index contributed by atoms with van der Waals surface area (Å²) in [5.74, 6) is -0.461. The minimum absolute atomic E-state index is 0.00300. The van der Waals surface area contributed by atoms with Gasteiger partial charge in [-0.15, -0.1) is 0 Å². The molecule has 0 spiro atoms. The van der Waals surface area contributed by atoms with E-state index in [0.29, 0.717) is 6.42 Å². The lowest BCUT2D eigenvalue weighted by molar-refractivity contribution is 0.0910. The summed E-state index contributed by atoms with van der Waals surface area (Å²) in [7, 11) is -3.43. The first-order valence-electron chi connectivity index (χ1n) is 6.31. The van der Waals surface area contributed by atoms with Crippen molar-refractivity contribution in [3.05, 3.63) is 23.8 Å². The SMILES string of the molecule is CCCC(O)CNC(=O)c1cc(N)cc(S(C)(=O)=O)c1. The van der Waals surface area contributed by atoms with Gasteiger partial charge in [-0.05, 0) is 24.6 Å². The van der Waals surface area contributed by atoms with Gasteiger partial charge in [0, 0.05) is 24.1 Å². The van der Waals surface area contributed by atoms with Gasteiger partial charge in [0.25, 0.3) is 5.91 Å². The van der Waals surface area contributed by atoms with E-state index in [-0.39, 0.29) is 22.7 Å². The Morgan fingerprint density at radius 1 is 1.40 bits per heavy atom. The van der Waals surface area contributed by atoms with E-state index in [9.17, 15) is 18.3 Å². The summed E-state index contributed by atoms with van der Waals surface area (Å²) in [6.45, 7) is 2.05. The maximum atomic E-state index is 11.9. The molecule has 0 aliphatic rings. The Morgan fingerprint density at radius 2 is 2.05 bits per heavy atom. The highest BCUT2D eigenvalue weighted by molar-refractivity contribution is 7.90. The molecule has 7 heteroatoms. The highest BCUT2D eigenvalue weighted by Gasteiger charge is 2.14. The van der Waals surface area contributed by atoms with Crippen LogP contribution in [0, 0.1) is 0 Å². The molecule has 0 heterocycles. The quantitative estimate of drug-likeness (QED) is 0.665. The number of nitrogens with two attached hydrogens (primary N) is 1. The molecule has 1 aromatic rings. The van der Waals surface area contributed by atoms with E-state index in [1.54, 1.807) is 0 Å². The highest BCUT2D eigenvalue weighted by Crippen LogP contribution is 2.16. The summed E-state index contributed by atoms with van der Waals surface area (Å²) in [6, 6.07) is 3.97. The van der Waals surface area contributed by atoms with E-state index in [1.807, 2.05) is 6.92 Å². The van der Waals surface area contributed by atoms with Crippen LogP contribution >= 0.6 is 0 Å². The van der Waals surface area contributed by atoms with Crippen molar-refractivity contribution >= 4 is 21.4 Å². The monoisotopic (exact) mass is 300 g/mol. The van der Waals surface area contributed by atoms with Crippen molar-refractivity contribution in [1.82, 2.24) is 5.32 Å². The largest absolute Gasteiger partial charge is 0.399 e. The molecule has 0 fully saturated rings. The van der Waals surface area contributed by atoms with Crippen LogP contribution < -0.4 is 11.1 Å². The van der Waals surface area contributed by atoms with Gasteiger partial charge in [0.2, 0.25) is 0 Å². The van der Waals surface area contributed by atoms with Gasteiger partial charge in [-0.1, -0.05) is 13.3 Å². The van der Waals surface area contributed by atoms with E-state index < -0.39 is 21.8 Å². The van der Waals surface area contributed by atoms with E-state index in [0.717, 1.165) is 12.7 Å². The standard InChI is InChI=1S/C13H20N2O4S/c1-3-4-11(16)8-15-13(17)9-5-10(14)7-12(6-9)20(2,18)19/h5-7,11,16H,3-4,8,14H2,1-2H3,(H,15,17). The molecule has 0 aromatic heterocycles. The molecule has 112 valence electrons. The van der Waals surface area contributed by atoms with E-state index in [4.69, 9.17) is 5.73 Å². The molecule has 0 aliphatic heterocycles. The molecule has 20 heavy (non-hydrogen) atoms. The molecule has 1 atom stereocenters. The van der Waals surface area contributed by atoms with Gasteiger partial charge >= 0.3 is 0 Å². The van der Waals surface area contributed by atoms with Crippen molar-refractivity contribution in [2.75, 3.05) is 18.5 Å². The third-order valence-electron chi connectivity index (χ3n) is 2.74. The summed E-state index contributed by atoms with van der Waals surface area (Å²) in [6.07, 6.45) is 1.84. The van der Waals surface area contributed by atoms with Crippen LogP contribution in [0.1, 0.15) is 30.1 Å². The molecule has 6 nitrogen and oxygen atoms in total. The molecule has 4 N–H and O–H groups in total. The van der Waals surface area contributed by atoms with Crippen molar-refractivity contribution in [1.29, 1.82) is 0 Å². The van der Waals surface area contributed by atoms with Gasteiger partial charge in [-0.2, -0.15) is 0 Å². The minimum atomic E-state index is -3.43. The van der Waals surface area contributed by atoms with Crippen molar-refractivity contribution in [3.63, 3.8) is 0 Å². The molecule has 0 saturated carbocycles. The van der Waals surface area contributed by atoms with E-state index >= 15 is 0 Å². The van der Waals surface area contributed by atoms with Crippen LogP contribution in [0.15, 0.2) is 23.1 Å². The molecule has 0 bridgehead atoms. The number of anilines is 1. The lowest BCUT2D eigenvalue weighted by Crippen LogP contribution is -2.32. The van der Waals surface area contributed by atoms with Crippen molar-refractivity contribution in [2.24, 2.45) is 0 Å². The predicted molar refractivity (Wildman–Crippen MR) is 77.2 cm³/mol. The van der Waals surface area contributed by atoms with Crippen LogP contribution in [0.25, 0.3) is 0 Å². The third-order valence-corrected chi connectivity index (χ3v) is 3.83. The number of nitrogen functional groups attached to an aromatic ring is 1. The highest BCUT2D eigenvalue weighted by atomic mass is 32.2. The number of aliphatic hydroxyl groups is 1. The number of benzene rings is 1. The van der Waals surface area contributed by atoms with Gasteiger partial charge in [0.05, 0.1) is 11.0 Å². The van der Waals surface area contributed by atoms with Crippen LogP contribution in [-0.2, 0) is 9.84 Å². The van der Waals surface area contributed by atoms with Crippen LogP contribution in [0.4, 0.5) is 5.69 Å².